The molecule has 2 amide bonds. The second-order valence-corrected chi connectivity index (χ2v) is 11.8. The molecule has 0 aromatic heterocycles. The average Bonchev–Trinajstić information content (AvgIpc) is 3.32. The van der Waals surface area contributed by atoms with E-state index in [1.807, 2.05) is 0 Å². The van der Waals surface area contributed by atoms with Gasteiger partial charge in [-0.15, -0.1) is 0 Å². The Balaban J connectivity index is 0.00000257. The van der Waals surface area contributed by atoms with Gasteiger partial charge in [0.15, 0.2) is 6.29 Å². The summed E-state index contributed by atoms with van der Waals surface area (Å²) in [4.78, 5) is 26.2. The number of amides is 2. The highest BCUT2D eigenvalue weighted by atomic mass is 16.7. The van der Waals surface area contributed by atoms with Crippen LogP contribution in [0.25, 0.3) is 0 Å². The molecule has 2 heterocycles. The Morgan fingerprint density at radius 1 is 1.02 bits per heavy atom. The van der Waals surface area contributed by atoms with Crippen molar-refractivity contribution in [2.75, 3.05) is 40.0 Å². The quantitative estimate of drug-likeness (QED) is 0.157. The van der Waals surface area contributed by atoms with Crippen molar-refractivity contribution in [1.82, 2.24) is 10.2 Å². The molecule has 2 aliphatic heterocycles. The molecule has 2 aliphatic rings. The van der Waals surface area contributed by atoms with E-state index in [1.54, 1.807) is 18.9 Å². The van der Waals surface area contributed by atoms with Crippen molar-refractivity contribution < 1.29 is 44.2 Å². The van der Waals surface area contributed by atoms with E-state index in [0.29, 0.717) is 45.6 Å². The summed E-state index contributed by atoms with van der Waals surface area (Å²) in [5, 5.41) is 41.9. The first-order valence-electron chi connectivity index (χ1n) is 15.5. The molecule has 0 aliphatic carbocycles. The lowest BCUT2D eigenvalue weighted by Crippen LogP contribution is -2.55. The van der Waals surface area contributed by atoms with Crippen molar-refractivity contribution in [2.45, 2.75) is 136 Å². The van der Waals surface area contributed by atoms with Crippen LogP contribution in [0.3, 0.4) is 0 Å². The number of likely N-dealkylation sites (tertiary alicyclic amines) is 1. The monoisotopic (exact) mass is 606 g/mol. The maximum absolute atomic E-state index is 12.4. The first-order chi connectivity index (χ1) is 19.5. The maximum atomic E-state index is 12.4. The fraction of sp³-hybridized carbons (Fsp3) is 0.935. The van der Waals surface area contributed by atoms with Gasteiger partial charge in [0, 0.05) is 45.6 Å². The van der Waals surface area contributed by atoms with Gasteiger partial charge in [-0.1, -0.05) is 54.4 Å². The van der Waals surface area contributed by atoms with Crippen LogP contribution in [0.1, 0.15) is 99.3 Å². The molecule has 5 N–H and O–H groups in total. The number of nitrogens with one attached hydrogen (secondary N) is 1. The smallest absolute Gasteiger partial charge is 0.222 e. The zero-order valence-electron chi connectivity index (χ0n) is 26.0. The molecule has 42 heavy (non-hydrogen) atoms. The Bertz CT molecular complexity index is 710. The molecule has 11 heteroatoms. The van der Waals surface area contributed by atoms with Gasteiger partial charge in [0.1, 0.15) is 12.2 Å². The largest absolute Gasteiger partial charge is 0.394 e. The van der Waals surface area contributed by atoms with E-state index in [2.05, 4.69) is 26.1 Å². The van der Waals surface area contributed by atoms with Crippen LogP contribution in [0, 0.1) is 11.8 Å². The van der Waals surface area contributed by atoms with Gasteiger partial charge < -0.3 is 44.9 Å². The molecule has 11 nitrogen and oxygen atoms in total. The normalized spacial score (nSPS) is 27.3. The number of hydrogen-bond acceptors (Lipinski definition) is 9. The van der Waals surface area contributed by atoms with Crippen LogP contribution in [-0.4, -0.2) is 114 Å². The van der Waals surface area contributed by atoms with Crippen molar-refractivity contribution in [1.29, 1.82) is 0 Å². The van der Waals surface area contributed by atoms with Gasteiger partial charge in [0.25, 0.3) is 0 Å². The van der Waals surface area contributed by atoms with E-state index in [4.69, 9.17) is 14.2 Å². The molecular weight excluding hydrogens is 544 g/mol. The first kappa shape index (κ1) is 40.7. The number of ether oxygens (including phenoxy) is 3. The summed E-state index contributed by atoms with van der Waals surface area (Å²) in [6.07, 6.45) is 3.24. The highest BCUT2D eigenvalue weighted by Crippen LogP contribution is 2.27. The van der Waals surface area contributed by atoms with Crippen LogP contribution in [0.4, 0.5) is 0 Å². The summed E-state index contributed by atoms with van der Waals surface area (Å²) in [6, 6.07) is -0.0481. The van der Waals surface area contributed by atoms with Gasteiger partial charge in [-0.2, -0.15) is 0 Å². The van der Waals surface area contributed by atoms with Gasteiger partial charge in [0.2, 0.25) is 11.8 Å². The van der Waals surface area contributed by atoms with E-state index in [1.165, 1.54) is 6.42 Å². The molecule has 0 aromatic carbocycles. The van der Waals surface area contributed by atoms with E-state index >= 15 is 0 Å². The summed E-state index contributed by atoms with van der Waals surface area (Å²) in [5.41, 5.74) is 0. The lowest BCUT2D eigenvalue weighted by molar-refractivity contribution is -0.282. The minimum Gasteiger partial charge on any atom is -0.394 e. The number of aliphatic hydroxyl groups excluding tert-OH is 4. The lowest BCUT2D eigenvalue weighted by Gasteiger charge is -2.40. The number of carbonyl (C=O) groups is 2. The zero-order chi connectivity index (χ0) is 30.8. The highest BCUT2D eigenvalue weighted by molar-refractivity contribution is 5.77. The second kappa shape index (κ2) is 23.1. The van der Waals surface area contributed by atoms with Crippen LogP contribution in [0.2, 0.25) is 0 Å². The average molecular weight is 607 g/mol. The van der Waals surface area contributed by atoms with Gasteiger partial charge in [-0.25, -0.2) is 0 Å². The van der Waals surface area contributed by atoms with Gasteiger partial charge >= 0.3 is 0 Å². The van der Waals surface area contributed by atoms with Crippen molar-refractivity contribution in [3.8, 4) is 0 Å². The standard InChI is InChI=1S/C25H46N2O9.C5H12.CH4/c1-17-23(32)24(33)20(15-28)36-25(17)35-12-8-4-5-9-21(30)26-11-7-3-6-10-22(31)27-14-19(29)13-18(27)16-34-2;1-4-5(2)3;/h17-20,23-25,28-29,32-33H,3-16H2,1-2H3,(H,26,30);5H,4H2,1-3H3;1H4/t17?,18-,19+,20?,23+,24-,25+;;/m0../s1. The summed E-state index contributed by atoms with van der Waals surface area (Å²) < 4.78 is 16.3. The molecule has 2 unspecified atom stereocenters. The number of hydrogen-bond donors (Lipinski definition) is 5. The third kappa shape index (κ3) is 15.4. The number of aliphatic hydroxyl groups is 4. The molecule has 250 valence electrons. The fourth-order valence-corrected chi connectivity index (χ4v) is 4.76. The van der Waals surface area contributed by atoms with Crippen LogP contribution < -0.4 is 5.32 Å². The molecular formula is C31H62N2O9. The Kier molecular flexibility index (Phi) is 22.4. The summed E-state index contributed by atoms with van der Waals surface area (Å²) >= 11 is 0. The molecule has 7 atom stereocenters. The van der Waals surface area contributed by atoms with E-state index in [-0.39, 0.29) is 25.3 Å². The van der Waals surface area contributed by atoms with Gasteiger partial charge in [0.05, 0.1) is 31.5 Å². The van der Waals surface area contributed by atoms with Crippen LogP contribution in [0.5, 0.6) is 0 Å². The SMILES string of the molecule is C.CCC(C)C.COC[C@@H]1C[C@@H](O)CN1C(=O)CCCCCNC(=O)CCCCCO[C@@H]1OC(CO)[C@H](O)[C@H](O)C1C. The maximum Gasteiger partial charge on any atom is 0.222 e. The minimum absolute atomic E-state index is 0. The van der Waals surface area contributed by atoms with Crippen molar-refractivity contribution in [2.24, 2.45) is 11.8 Å². The predicted octanol–water partition coefficient (Wildman–Crippen LogP) is 2.61. The molecule has 2 rings (SSSR count). The van der Waals surface area contributed by atoms with Crippen molar-refractivity contribution >= 4 is 11.8 Å². The number of carbonyl (C=O) groups excluding carboxylic acids is 2. The molecule has 2 saturated heterocycles. The number of nitrogens with zero attached hydrogens (tertiary/aromatic N) is 1. The highest BCUT2D eigenvalue weighted by Gasteiger charge is 2.42. The number of unbranched alkanes of at least 4 members (excludes halogenated alkanes) is 4. The fourth-order valence-electron chi connectivity index (χ4n) is 4.76. The first-order valence-corrected chi connectivity index (χ1v) is 15.5. The zero-order valence-corrected chi connectivity index (χ0v) is 26.0. The Morgan fingerprint density at radius 3 is 2.29 bits per heavy atom. The van der Waals surface area contributed by atoms with Crippen molar-refractivity contribution in [3.05, 3.63) is 0 Å². The molecule has 0 bridgehead atoms. The second-order valence-electron chi connectivity index (χ2n) is 11.8. The van der Waals surface area contributed by atoms with Crippen LogP contribution >= 0.6 is 0 Å². The molecule has 0 spiro atoms. The third-order valence-electron chi connectivity index (χ3n) is 7.80. The summed E-state index contributed by atoms with van der Waals surface area (Å²) in [5.74, 6) is 0.531. The topological polar surface area (TPSA) is 158 Å². The lowest BCUT2D eigenvalue weighted by atomic mass is 9.92. The molecule has 0 radical (unpaired) electrons. The summed E-state index contributed by atoms with van der Waals surface area (Å²) in [6.45, 7) is 9.78. The number of β-amino-alcohol motifs (C(OH)–C–C–N with tert-alkyl or cyclic N) is 1. The van der Waals surface area contributed by atoms with E-state index in [0.717, 1.165) is 44.4 Å². The third-order valence-corrected chi connectivity index (χ3v) is 7.80. The van der Waals surface area contributed by atoms with Crippen LogP contribution in [0.15, 0.2) is 0 Å². The van der Waals surface area contributed by atoms with Crippen LogP contribution in [-0.2, 0) is 23.8 Å². The predicted molar refractivity (Wildman–Crippen MR) is 163 cm³/mol. The Morgan fingerprint density at radius 2 is 1.67 bits per heavy atom. The van der Waals surface area contributed by atoms with E-state index < -0.39 is 43.2 Å². The Hall–Kier alpha value is -1.34. The number of methoxy groups -OCH3 is 1. The van der Waals surface area contributed by atoms with Crippen molar-refractivity contribution in [3.63, 3.8) is 0 Å². The molecule has 0 aromatic rings. The summed E-state index contributed by atoms with van der Waals surface area (Å²) in [7, 11) is 1.60. The minimum atomic E-state index is -1.13. The van der Waals surface area contributed by atoms with Gasteiger partial charge in [-0.05, 0) is 38.0 Å². The Labute approximate surface area is 254 Å². The van der Waals surface area contributed by atoms with E-state index in [9.17, 15) is 30.0 Å². The number of rotatable bonds is 17. The molecule has 0 saturated carbocycles. The van der Waals surface area contributed by atoms with Gasteiger partial charge in [-0.3, -0.25) is 9.59 Å². The molecule has 2 fully saturated rings.